The van der Waals surface area contributed by atoms with Crippen molar-refractivity contribution in [2.24, 2.45) is 5.92 Å². The Labute approximate surface area is 76.1 Å². The molecular formula is C11H21N. The predicted molar refractivity (Wildman–Crippen MR) is 52.2 cm³/mol. The van der Waals surface area contributed by atoms with E-state index in [1.54, 1.807) is 0 Å². The van der Waals surface area contributed by atoms with Gasteiger partial charge in [0.25, 0.3) is 0 Å². The maximum absolute atomic E-state index is 2.72. The summed E-state index contributed by atoms with van der Waals surface area (Å²) in [6.45, 7) is 4.97. The quantitative estimate of drug-likeness (QED) is 0.580. The molecule has 1 saturated heterocycles. The lowest BCUT2D eigenvalue weighted by molar-refractivity contribution is 0.0657. The minimum Gasteiger partial charge on any atom is -0.300 e. The summed E-state index contributed by atoms with van der Waals surface area (Å²) in [4.78, 5) is 2.72. The second-order valence-electron chi connectivity index (χ2n) is 4.38. The Morgan fingerprint density at radius 1 is 1.08 bits per heavy atom. The molecule has 2 fully saturated rings. The SMILES string of the molecule is CCN1CCCC2CCCCC21. The number of hydrogen-bond donors (Lipinski definition) is 0. The van der Waals surface area contributed by atoms with Gasteiger partial charge in [0.2, 0.25) is 0 Å². The summed E-state index contributed by atoms with van der Waals surface area (Å²) < 4.78 is 0. The molecular weight excluding hydrogens is 146 g/mol. The maximum Gasteiger partial charge on any atom is 0.0123 e. The molecule has 2 aliphatic rings. The summed E-state index contributed by atoms with van der Waals surface area (Å²) in [6, 6.07) is 0.970. The number of hydrogen-bond acceptors (Lipinski definition) is 1. The highest BCUT2D eigenvalue weighted by atomic mass is 15.2. The van der Waals surface area contributed by atoms with E-state index in [0.29, 0.717) is 0 Å². The van der Waals surface area contributed by atoms with Gasteiger partial charge in [0, 0.05) is 6.04 Å². The fourth-order valence-electron chi connectivity index (χ4n) is 3.12. The highest BCUT2D eigenvalue weighted by Crippen LogP contribution is 2.34. The van der Waals surface area contributed by atoms with Gasteiger partial charge in [-0.2, -0.15) is 0 Å². The molecule has 0 radical (unpaired) electrons. The van der Waals surface area contributed by atoms with Gasteiger partial charge in [-0.05, 0) is 44.7 Å². The Balaban J connectivity index is 1.99. The van der Waals surface area contributed by atoms with Gasteiger partial charge in [0.1, 0.15) is 0 Å². The molecule has 0 bridgehead atoms. The lowest BCUT2D eigenvalue weighted by Gasteiger charge is -2.43. The molecule has 2 rings (SSSR count). The van der Waals surface area contributed by atoms with Crippen LogP contribution in [-0.4, -0.2) is 24.0 Å². The van der Waals surface area contributed by atoms with E-state index in [2.05, 4.69) is 11.8 Å². The van der Waals surface area contributed by atoms with Gasteiger partial charge in [0.15, 0.2) is 0 Å². The molecule has 70 valence electrons. The first-order valence-electron chi connectivity index (χ1n) is 5.66. The number of piperidine rings is 1. The molecule has 0 aromatic heterocycles. The Hall–Kier alpha value is -0.0400. The third kappa shape index (κ3) is 1.52. The number of fused-ring (bicyclic) bond motifs is 1. The van der Waals surface area contributed by atoms with Crippen molar-refractivity contribution in [2.45, 2.75) is 51.5 Å². The predicted octanol–water partition coefficient (Wildman–Crippen LogP) is 2.66. The molecule has 1 heterocycles. The van der Waals surface area contributed by atoms with Gasteiger partial charge < -0.3 is 4.90 Å². The van der Waals surface area contributed by atoms with Crippen LogP contribution in [0.1, 0.15) is 45.4 Å². The molecule has 1 nitrogen and oxygen atoms in total. The third-order valence-electron chi connectivity index (χ3n) is 3.76. The molecule has 0 N–H and O–H groups in total. The Morgan fingerprint density at radius 3 is 2.67 bits per heavy atom. The molecule has 0 amide bonds. The first kappa shape index (κ1) is 8.55. The van der Waals surface area contributed by atoms with Crippen LogP contribution in [0, 0.1) is 5.92 Å². The normalized spacial score (nSPS) is 37.8. The van der Waals surface area contributed by atoms with E-state index in [9.17, 15) is 0 Å². The summed E-state index contributed by atoms with van der Waals surface area (Å²) in [5, 5.41) is 0. The largest absolute Gasteiger partial charge is 0.300 e. The van der Waals surface area contributed by atoms with Crippen LogP contribution in [0.3, 0.4) is 0 Å². The van der Waals surface area contributed by atoms with Crippen molar-refractivity contribution in [2.75, 3.05) is 13.1 Å². The molecule has 2 unspecified atom stereocenters. The van der Waals surface area contributed by atoms with E-state index in [1.165, 1.54) is 51.6 Å². The fourth-order valence-corrected chi connectivity index (χ4v) is 3.12. The van der Waals surface area contributed by atoms with E-state index in [4.69, 9.17) is 0 Å². The fraction of sp³-hybridized carbons (Fsp3) is 1.00. The van der Waals surface area contributed by atoms with E-state index in [1.807, 2.05) is 0 Å². The lowest BCUT2D eigenvalue weighted by atomic mass is 9.78. The van der Waals surface area contributed by atoms with Crippen LogP contribution in [0.5, 0.6) is 0 Å². The van der Waals surface area contributed by atoms with Crippen LogP contribution < -0.4 is 0 Å². The Bertz CT molecular complexity index is 135. The zero-order valence-corrected chi connectivity index (χ0v) is 8.26. The van der Waals surface area contributed by atoms with Crippen LogP contribution in [0.2, 0.25) is 0 Å². The monoisotopic (exact) mass is 167 g/mol. The summed E-state index contributed by atoms with van der Waals surface area (Å²) in [7, 11) is 0. The van der Waals surface area contributed by atoms with Crippen molar-refractivity contribution >= 4 is 0 Å². The molecule has 1 saturated carbocycles. The average Bonchev–Trinajstić information content (AvgIpc) is 2.17. The average molecular weight is 167 g/mol. The number of nitrogens with zero attached hydrogens (tertiary/aromatic N) is 1. The standard InChI is InChI=1S/C11H21N/c1-2-12-9-5-7-10-6-3-4-8-11(10)12/h10-11H,2-9H2,1H3. The van der Waals surface area contributed by atoms with Crippen molar-refractivity contribution in [3.05, 3.63) is 0 Å². The smallest absolute Gasteiger partial charge is 0.0123 e. The highest BCUT2D eigenvalue weighted by molar-refractivity contribution is 4.86. The summed E-state index contributed by atoms with van der Waals surface area (Å²) in [5.41, 5.74) is 0. The highest BCUT2D eigenvalue weighted by Gasteiger charge is 2.31. The molecule has 1 aliphatic carbocycles. The zero-order chi connectivity index (χ0) is 8.39. The molecule has 0 spiro atoms. The van der Waals surface area contributed by atoms with Gasteiger partial charge in [-0.1, -0.05) is 19.8 Å². The lowest BCUT2D eigenvalue weighted by Crippen LogP contribution is -2.46. The zero-order valence-electron chi connectivity index (χ0n) is 8.26. The second kappa shape index (κ2) is 3.78. The molecule has 2 atom stereocenters. The van der Waals surface area contributed by atoms with E-state index in [0.717, 1.165) is 12.0 Å². The second-order valence-corrected chi connectivity index (χ2v) is 4.38. The summed E-state index contributed by atoms with van der Waals surface area (Å²) in [5.74, 6) is 1.06. The summed E-state index contributed by atoms with van der Waals surface area (Å²) >= 11 is 0. The molecule has 1 heteroatoms. The number of likely N-dealkylation sites (tertiary alicyclic amines) is 1. The van der Waals surface area contributed by atoms with Crippen LogP contribution >= 0.6 is 0 Å². The van der Waals surface area contributed by atoms with Crippen molar-refractivity contribution in [1.82, 2.24) is 4.90 Å². The minimum atomic E-state index is 0.970. The molecule has 0 aromatic carbocycles. The minimum absolute atomic E-state index is 0.970. The van der Waals surface area contributed by atoms with Gasteiger partial charge in [-0.15, -0.1) is 0 Å². The topological polar surface area (TPSA) is 3.24 Å². The van der Waals surface area contributed by atoms with Crippen LogP contribution in [0.4, 0.5) is 0 Å². The molecule has 12 heavy (non-hydrogen) atoms. The van der Waals surface area contributed by atoms with Gasteiger partial charge in [-0.25, -0.2) is 0 Å². The van der Waals surface area contributed by atoms with Crippen molar-refractivity contribution < 1.29 is 0 Å². The van der Waals surface area contributed by atoms with Gasteiger partial charge in [0.05, 0.1) is 0 Å². The van der Waals surface area contributed by atoms with Crippen molar-refractivity contribution in [3.8, 4) is 0 Å². The number of rotatable bonds is 1. The Kier molecular flexibility index (Phi) is 2.69. The molecule has 0 aromatic rings. The van der Waals surface area contributed by atoms with Crippen LogP contribution in [0.25, 0.3) is 0 Å². The van der Waals surface area contributed by atoms with Crippen molar-refractivity contribution in [1.29, 1.82) is 0 Å². The molecule has 1 aliphatic heterocycles. The third-order valence-corrected chi connectivity index (χ3v) is 3.76. The van der Waals surface area contributed by atoms with E-state index in [-0.39, 0.29) is 0 Å². The Morgan fingerprint density at radius 2 is 1.83 bits per heavy atom. The first-order valence-corrected chi connectivity index (χ1v) is 5.66. The van der Waals surface area contributed by atoms with Crippen LogP contribution in [-0.2, 0) is 0 Å². The van der Waals surface area contributed by atoms with E-state index < -0.39 is 0 Å². The van der Waals surface area contributed by atoms with Gasteiger partial charge >= 0.3 is 0 Å². The van der Waals surface area contributed by atoms with Crippen LogP contribution in [0.15, 0.2) is 0 Å². The van der Waals surface area contributed by atoms with Crippen molar-refractivity contribution in [3.63, 3.8) is 0 Å². The first-order chi connectivity index (χ1) is 5.92. The van der Waals surface area contributed by atoms with Gasteiger partial charge in [-0.3, -0.25) is 0 Å². The maximum atomic E-state index is 2.72. The van der Waals surface area contributed by atoms with E-state index >= 15 is 0 Å². The summed E-state index contributed by atoms with van der Waals surface area (Å²) in [6.07, 6.45) is 8.95.